The zero-order valence-electron chi connectivity index (χ0n) is 11.0. The minimum Gasteiger partial charge on any atom is -0.271 e. The summed E-state index contributed by atoms with van der Waals surface area (Å²) in [5, 5.41) is 4.19. The molecule has 0 amide bonds. The van der Waals surface area contributed by atoms with Crippen molar-refractivity contribution in [1.82, 2.24) is 14.5 Å². The van der Waals surface area contributed by atoms with Gasteiger partial charge in [0.15, 0.2) is 0 Å². The minimum atomic E-state index is -3.41. The molecule has 0 radical (unpaired) electrons. The number of aryl methyl sites for hydroxylation is 2. The third-order valence-corrected chi connectivity index (χ3v) is 5.07. The zero-order chi connectivity index (χ0) is 13.2. The quantitative estimate of drug-likeness (QED) is 0.908. The van der Waals surface area contributed by atoms with E-state index in [0.717, 1.165) is 25.7 Å². The molecule has 1 aromatic rings. The summed E-state index contributed by atoms with van der Waals surface area (Å²) in [5.41, 5.74) is 0.570. The number of nitrogens with zero attached hydrogens (tertiary/aromatic N) is 2. The van der Waals surface area contributed by atoms with Crippen LogP contribution in [0, 0.1) is 6.92 Å². The van der Waals surface area contributed by atoms with Crippen molar-refractivity contribution >= 4 is 10.0 Å². The van der Waals surface area contributed by atoms with Crippen LogP contribution in [0.3, 0.4) is 0 Å². The molecule has 0 unspecified atom stereocenters. The van der Waals surface area contributed by atoms with E-state index >= 15 is 0 Å². The van der Waals surface area contributed by atoms with E-state index < -0.39 is 10.0 Å². The summed E-state index contributed by atoms with van der Waals surface area (Å²) in [7, 11) is -3.41. The van der Waals surface area contributed by atoms with Crippen LogP contribution in [0.15, 0.2) is 11.1 Å². The van der Waals surface area contributed by atoms with Crippen molar-refractivity contribution in [2.24, 2.45) is 0 Å². The number of hydrogen-bond donors (Lipinski definition) is 1. The van der Waals surface area contributed by atoms with Gasteiger partial charge < -0.3 is 0 Å². The van der Waals surface area contributed by atoms with Crippen LogP contribution in [0.2, 0.25) is 0 Å². The van der Waals surface area contributed by atoms with Gasteiger partial charge in [-0.15, -0.1) is 0 Å². The lowest BCUT2D eigenvalue weighted by Crippen LogP contribution is -2.36. The monoisotopic (exact) mass is 271 g/mol. The molecule has 2 rings (SSSR count). The highest BCUT2D eigenvalue weighted by Crippen LogP contribution is 2.20. The molecule has 0 aliphatic heterocycles. The molecule has 1 N–H and O–H groups in total. The molecule has 1 aromatic heterocycles. The Balaban J connectivity index is 2.16. The Kier molecular flexibility index (Phi) is 4.07. The topological polar surface area (TPSA) is 64.0 Å². The summed E-state index contributed by atoms with van der Waals surface area (Å²) in [4.78, 5) is 0.315. The standard InChI is InChI=1S/C12H21N3O2S/c1-3-15-9-12(10(2)13-15)18(16,17)14-11-7-5-4-6-8-11/h9,11,14H,3-8H2,1-2H3. The Morgan fingerprint density at radius 1 is 1.39 bits per heavy atom. The van der Waals surface area contributed by atoms with Crippen molar-refractivity contribution in [1.29, 1.82) is 0 Å². The molecule has 5 nitrogen and oxygen atoms in total. The zero-order valence-corrected chi connectivity index (χ0v) is 11.8. The third-order valence-electron chi connectivity index (χ3n) is 3.44. The van der Waals surface area contributed by atoms with Crippen LogP contribution in [0.1, 0.15) is 44.7 Å². The second-order valence-corrected chi connectivity index (χ2v) is 6.57. The Labute approximate surface area is 109 Å². The molecule has 1 aliphatic rings. The predicted molar refractivity (Wildman–Crippen MR) is 69.8 cm³/mol. The van der Waals surface area contributed by atoms with E-state index in [0.29, 0.717) is 17.1 Å². The lowest BCUT2D eigenvalue weighted by Gasteiger charge is -2.22. The van der Waals surface area contributed by atoms with E-state index in [4.69, 9.17) is 0 Å². The van der Waals surface area contributed by atoms with Gasteiger partial charge in [-0.3, -0.25) is 4.68 Å². The molecule has 0 saturated heterocycles. The first-order valence-corrected chi connectivity index (χ1v) is 8.07. The minimum absolute atomic E-state index is 0.0909. The second-order valence-electron chi connectivity index (χ2n) is 4.89. The molecular weight excluding hydrogens is 250 g/mol. The Morgan fingerprint density at radius 2 is 2.06 bits per heavy atom. The maximum absolute atomic E-state index is 12.3. The van der Waals surface area contributed by atoms with E-state index in [1.807, 2.05) is 6.92 Å². The smallest absolute Gasteiger partial charge is 0.244 e. The molecule has 18 heavy (non-hydrogen) atoms. The lowest BCUT2D eigenvalue weighted by molar-refractivity contribution is 0.412. The van der Waals surface area contributed by atoms with Crippen molar-refractivity contribution in [2.75, 3.05) is 0 Å². The molecule has 1 fully saturated rings. The number of nitrogens with one attached hydrogen (secondary N) is 1. The van der Waals surface area contributed by atoms with Crippen LogP contribution in [0.4, 0.5) is 0 Å². The van der Waals surface area contributed by atoms with Crippen LogP contribution >= 0.6 is 0 Å². The van der Waals surface area contributed by atoms with Crippen LogP contribution in [-0.2, 0) is 16.6 Å². The summed E-state index contributed by atoms with van der Waals surface area (Å²) >= 11 is 0. The van der Waals surface area contributed by atoms with Crippen LogP contribution in [0.5, 0.6) is 0 Å². The van der Waals surface area contributed by atoms with E-state index in [2.05, 4.69) is 9.82 Å². The average molecular weight is 271 g/mol. The lowest BCUT2D eigenvalue weighted by atomic mass is 9.96. The second kappa shape index (κ2) is 5.40. The van der Waals surface area contributed by atoms with Crippen molar-refractivity contribution in [2.45, 2.75) is 63.4 Å². The molecule has 1 saturated carbocycles. The normalized spacial score (nSPS) is 18.1. The number of rotatable bonds is 4. The average Bonchev–Trinajstić information content (AvgIpc) is 2.72. The van der Waals surface area contributed by atoms with Gasteiger partial charge in [0.05, 0.1) is 5.69 Å². The molecule has 1 aliphatic carbocycles. The van der Waals surface area contributed by atoms with Gasteiger partial charge in [-0.2, -0.15) is 5.10 Å². The van der Waals surface area contributed by atoms with Gasteiger partial charge in [0.1, 0.15) is 4.90 Å². The fourth-order valence-corrected chi connectivity index (χ4v) is 3.92. The number of aromatic nitrogens is 2. The summed E-state index contributed by atoms with van der Waals surface area (Å²) < 4.78 is 29.0. The van der Waals surface area contributed by atoms with Gasteiger partial charge >= 0.3 is 0 Å². The molecule has 0 bridgehead atoms. The van der Waals surface area contributed by atoms with Crippen molar-refractivity contribution < 1.29 is 8.42 Å². The summed E-state index contributed by atoms with van der Waals surface area (Å²) in [6, 6.07) is 0.0909. The molecule has 0 aromatic carbocycles. The number of sulfonamides is 1. The SMILES string of the molecule is CCn1cc(S(=O)(=O)NC2CCCCC2)c(C)n1. The Hall–Kier alpha value is -0.880. The molecule has 102 valence electrons. The summed E-state index contributed by atoms with van der Waals surface area (Å²) in [6.07, 6.45) is 6.94. The fourth-order valence-electron chi connectivity index (χ4n) is 2.43. The third kappa shape index (κ3) is 2.92. The van der Waals surface area contributed by atoms with Gasteiger partial charge in [0.25, 0.3) is 0 Å². The van der Waals surface area contributed by atoms with E-state index in [1.165, 1.54) is 6.42 Å². The van der Waals surface area contributed by atoms with Crippen LogP contribution in [-0.4, -0.2) is 24.2 Å². The highest BCUT2D eigenvalue weighted by molar-refractivity contribution is 7.89. The van der Waals surface area contributed by atoms with Gasteiger partial charge in [-0.05, 0) is 26.7 Å². The largest absolute Gasteiger partial charge is 0.271 e. The van der Waals surface area contributed by atoms with Gasteiger partial charge in [0.2, 0.25) is 10.0 Å². The van der Waals surface area contributed by atoms with Crippen molar-refractivity contribution in [3.63, 3.8) is 0 Å². The van der Waals surface area contributed by atoms with Gasteiger partial charge in [-0.25, -0.2) is 13.1 Å². The van der Waals surface area contributed by atoms with Crippen molar-refractivity contribution in [3.8, 4) is 0 Å². The van der Waals surface area contributed by atoms with E-state index in [-0.39, 0.29) is 6.04 Å². The Morgan fingerprint density at radius 3 is 2.61 bits per heavy atom. The summed E-state index contributed by atoms with van der Waals surface area (Å²) in [6.45, 7) is 4.36. The van der Waals surface area contributed by atoms with E-state index in [1.54, 1.807) is 17.8 Å². The molecular formula is C12H21N3O2S. The molecule has 1 heterocycles. The molecule has 6 heteroatoms. The highest BCUT2D eigenvalue weighted by Gasteiger charge is 2.24. The van der Waals surface area contributed by atoms with Gasteiger partial charge in [0, 0.05) is 18.8 Å². The first kappa shape index (κ1) is 13.5. The maximum Gasteiger partial charge on any atom is 0.244 e. The van der Waals surface area contributed by atoms with Crippen LogP contribution < -0.4 is 4.72 Å². The predicted octanol–water partition coefficient (Wildman–Crippen LogP) is 1.82. The highest BCUT2D eigenvalue weighted by atomic mass is 32.2. The molecule has 0 atom stereocenters. The maximum atomic E-state index is 12.3. The Bertz CT molecular complexity index is 501. The first-order chi connectivity index (χ1) is 8.53. The fraction of sp³-hybridized carbons (Fsp3) is 0.750. The van der Waals surface area contributed by atoms with E-state index in [9.17, 15) is 8.42 Å². The molecule has 0 spiro atoms. The van der Waals surface area contributed by atoms with Crippen LogP contribution in [0.25, 0.3) is 0 Å². The van der Waals surface area contributed by atoms with Crippen molar-refractivity contribution in [3.05, 3.63) is 11.9 Å². The number of hydrogen-bond acceptors (Lipinski definition) is 3. The van der Waals surface area contributed by atoms with Gasteiger partial charge in [-0.1, -0.05) is 19.3 Å². The first-order valence-electron chi connectivity index (χ1n) is 6.59. The summed E-state index contributed by atoms with van der Waals surface area (Å²) in [5.74, 6) is 0.